The summed E-state index contributed by atoms with van der Waals surface area (Å²) < 4.78 is 0. The van der Waals surface area contributed by atoms with Crippen LogP contribution >= 0.6 is 0 Å². The Hall–Kier alpha value is -9.19. The van der Waals surface area contributed by atoms with Crippen molar-refractivity contribution in [2.45, 2.75) is 150 Å². The maximum Gasteiger partial charge on any atom is 0.326 e. The molecular formula is C52H76N14O25. The number of benzene rings is 1. The molecule has 2 heterocycles. The number of rotatable bonds is 41. The number of aromatic nitrogens is 4. The van der Waals surface area contributed by atoms with Gasteiger partial charge < -0.3 is 120 Å². The fraction of sp³-hybridized carbons (Fsp3) is 0.558. The summed E-state index contributed by atoms with van der Waals surface area (Å²) in [6.07, 6.45) is -22.1. The van der Waals surface area contributed by atoms with Gasteiger partial charge in [-0.2, -0.15) is 4.98 Å². The van der Waals surface area contributed by atoms with Gasteiger partial charge in [-0.05, 0) is 56.4 Å². The molecule has 39 nitrogen and oxygen atoms in total. The number of amides is 8. The molecule has 0 aliphatic rings. The van der Waals surface area contributed by atoms with Gasteiger partial charge in [0.05, 0.1) is 43.9 Å². The maximum atomic E-state index is 14.2. The van der Waals surface area contributed by atoms with Crippen LogP contribution in [0.1, 0.15) is 80.3 Å². The number of aromatic amines is 1. The number of carboxylic acids is 3. The summed E-state index contributed by atoms with van der Waals surface area (Å²) in [6.45, 7) is -3.62. The van der Waals surface area contributed by atoms with Gasteiger partial charge in [-0.15, -0.1) is 0 Å². The van der Waals surface area contributed by atoms with Crippen LogP contribution in [0.3, 0.4) is 0 Å². The molecule has 39 heteroatoms. The van der Waals surface area contributed by atoms with Crippen LogP contribution in [0.2, 0.25) is 0 Å². The van der Waals surface area contributed by atoms with Gasteiger partial charge in [0.25, 0.3) is 11.5 Å². The first-order chi connectivity index (χ1) is 42.9. The van der Waals surface area contributed by atoms with Crippen molar-refractivity contribution in [2.75, 3.05) is 44.4 Å². The van der Waals surface area contributed by atoms with E-state index in [0.29, 0.717) is 11.4 Å². The lowest BCUT2D eigenvalue weighted by molar-refractivity contribution is -0.140. The number of hydrogen-bond donors (Lipinski definition) is 24. The number of nitrogens with one attached hydrogen (secondary N) is 10. The number of nitrogens with two attached hydrogens (primary N) is 1. The second kappa shape index (κ2) is 37.7. The summed E-state index contributed by atoms with van der Waals surface area (Å²) in [5.41, 5.74) is 5.58. The van der Waals surface area contributed by atoms with Crippen molar-refractivity contribution in [3.05, 3.63) is 52.1 Å². The molecule has 3 aromatic rings. The van der Waals surface area contributed by atoms with E-state index in [9.17, 15) is 114 Å². The van der Waals surface area contributed by atoms with Gasteiger partial charge >= 0.3 is 17.9 Å². The van der Waals surface area contributed by atoms with Crippen molar-refractivity contribution >= 4 is 88.0 Å². The minimum absolute atomic E-state index is 0.0144. The highest BCUT2D eigenvalue weighted by atomic mass is 16.4. The molecule has 13 atom stereocenters. The third-order valence-corrected chi connectivity index (χ3v) is 13.4. The monoisotopic (exact) mass is 1300 g/mol. The fourth-order valence-electron chi connectivity index (χ4n) is 8.16. The van der Waals surface area contributed by atoms with Crippen molar-refractivity contribution in [3.8, 4) is 0 Å². The highest BCUT2D eigenvalue weighted by molar-refractivity contribution is 5.98. The smallest absolute Gasteiger partial charge is 0.326 e. The van der Waals surface area contributed by atoms with Crippen LogP contribution in [-0.4, -0.2) is 264 Å². The number of fused-ring (bicyclic) bond motifs is 1. The van der Waals surface area contributed by atoms with Gasteiger partial charge in [-0.1, -0.05) is 0 Å². The van der Waals surface area contributed by atoms with Gasteiger partial charge in [0.1, 0.15) is 66.8 Å². The molecule has 91 heavy (non-hydrogen) atoms. The molecule has 1 aromatic carbocycles. The Kier molecular flexibility index (Phi) is 31.5. The molecular weight excluding hydrogens is 1220 g/mol. The number of hydrogen-bond acceptors (Lipinski definition) is 27. The Morgan fingerprint density at radius 2 is 0.945 bits per heavy atom. The van der Waals surface area contributed by atoms with Gasteiger partial charge in [0.15, 0.2) is 11.2 Å². The number of likely N-dealkylation sites (N-methyl/N-ethyl adjacent to an activating group) is 1. The molecule has 0 unspecified atom stereocenters. The Bertz CT molecular complexity index is 3050. The number of carbonyl (C=O) groups excluding carboxylic acids is 8. The molecule has 25 N–H and O–H groups in total. The molecule has 0 fully saturated rings. The van der Waals surface area contributed by atoms with Gasteiger partial charge in [0, 0.05) is 63.5 Å². The highest BCUT2D eigenvalue weighted by Crippen LogP contribution is 2.15. The van der Waals surface area contributed by atoms with Gasteiger partial charge in [-0.25, -0.2) is 14.8 Å². The minimum Gasteiger partial charge on any atom is -0.481 e. The van der Waals surface area contributed by atoms with Crippen LogP contribution in [-0.2, 0) is 54.5 Å². The van der Waals surface area contributed by atoms with Crippen LogP contribution in [0.25, 0.3) is 11.2 Å². The molecule has 0 bridgehead atoms. The summed E-state index contributed by atoms with van der Waals surface area (Å²) in [5.74, 6) is -13.7. The fourth-order valence-corrected chi connectivity index (χ4v) is 8.16. The predicted octanol–water partition coefficient (Wildman–Crippen LogP) is -10.1. The highest BCUT2D eigenvalue weighted by Gasteiger charge is 2.35. The Morgan fingerprint density at radius 3 is 1.38 bits per heavy atom. The van der Waals surface area contributed by atoms with E-state index in [1.165, 1.54) is 30.5 Å². The molecule has 3 rings (SSSR count). The standard InChI is InChI=1S/C52H76N14O25/c1-54-46(85)25(9-14-37(76)77)61-48(87)27(7-12-35(74)57-19-31(70)41(81)43(83)33(72)21-68)62-49(88)28(10-15-38(78)79)63-47(86)26(6-11-34(73)56-18-30(69)40(80)42(82)32(71)20-67)60-36(75)13-8-29(51(90)91)64-45(84)22-2-4-23(5-3-22)55-16-24-17-58-44-39(59-24)50(89)66-52(53)65-44/h2-5,17,25-33,40-43,55,67-72,80-83H,6-16,18-21H2,1H3,(H,54,85)(H,56,73)(H,57,74)(H,60,75)(H,61,87)(H,62,88)(H,63,86)(H,64,84)(H,76,77)(H,78,79)(H,90,91)(H3,53,58,65,66,89)/t25-,26-,27-,28-,29+,30-,31-,32+,33+,40+,41+,42+,43+/m0/s1. The quantitative estimate of drug-likeness (QED) is 0.0251. The zero-order valence-corrected chi connectivity index (χ0v) is 48.6. The van der Waals surface area contributed by atoms with Gasteiger partial charge in [0.2, 0.25) is 47.3 Å². The van der Waals surface area contributed by atoms with E-state index >= 15 is 0 Å². The first-order valence-corrected chi connectivity index (χ1v) is 27.8. The van der Waals surface area contributed by atoms with Crippen molar-refractivity contribution in [1.29, 1.82) is 0 Å². The molecule has 2 aromatic heterocycles. The van der Waals surface area contributed by atoms with E-state index in [1.54, 1.807) is 0 Å². The average Bonchev–Trinajstić information content (AvgIpc) is 2.34. The van der Waals surface area contributed by atoms with Crippen LogP contribution in [0.4, 0.5) is 11.6 Å². The zero-order valence-electron chi connectivity index (χ0n) is 48.6. The third kappa shape index (κ3) is 25.7. The number of nitrogens with zero attached hydrogens (tertiary/aromatic N) is 3. The first kappa shape index (κ1) is 76.1. The molecule has 0 aliphatic carbocycles. The zero-order chi connectivity index (χ0) is 68.2. The van der Waals surface area contributed by atoms with E-state index in [1.807, 2.05) is 0 Å². The second-order valence-electron chi connectivity index (χ2n) is 20.4. The third-order valence-electron chi connectivity index (χ3n) is 13.4. The number of H-pyrrole nitrogens is 1. The number of aliphatic hydroxyl groups is 10. The number of aliphatic carboxylic acids is 3. The Morgan fingerprint density at radius 1 is 0.527 bits per heavy atom. The molecule has 0 radical (unpaired) electrons. The normalized spacial score (nSPS) is 15.5. The van der Waals surface area contributed by atoms with E-state index in [-0.39, 0.29) is 29.2 Å². The lowest BCUT2D eigenvalue weighted by Gasteiger charge is -2.27. The van der Waals surface area contributed by atoms with Crippen LogP contribution < -0.4 is 59.1 Å². The molecule has 0 spiro atoms. The molecule has 0 aliphatic heterocycles. The molecule has 0 saturated carbocycles. The molecule has 504 valence electrons. The second-order valence-corrected chi connectivity index (χ2v) is 20.4. The molecule has 8 amide bonds. The van der Waals surface area contributed by atoms with E-state index in [0.717, 1.165) is 7.05 Å². The number of aliphatic hydroxyl groups excluding tert-OH is 10. The van der Waals surface area contributed by atoms with Gasteiger partial charge in [-0.3, -0.25) is 57.7 Å². The van der Waals surface area contributed by atoms with E-state index < -0.39 is 240 Å². The lowest BCUT2D eigenvalue weighted by atomic mass is 10.0. The summed E-state index contributed by atoms with van der Waals surface area (Å²) in [5, 5.41) is 148. The minimum atomic E-state index is -2.12. The summed E-state index contributed by atoms with van der Waals surface area (Å²) in [7, 11) is 1.14. The number of carboxylic acid groups (broad SMARTS) is 3. The first-order valence-electron chi connectivity index (χ1n) is 27.8. The van der Waals surface area contributed by atoms with Crippen LogP contribution in [0.5, 0.6) is 0 Å². The maximum absolute atomic E-state index is 14.2. The van der Waals surface area contributed by atoms with Crippen molar-refractivity contribution in [2.24, 2.45) is 0 Å². The Balaban J connectivity index is 1.88. The average molecular weight is 1300 g/mol. The van der Waals surface area contributed by atoms with Crippen LogP contribution in [0, 0.1) is 0 Å². The predicted molar refractivity (Wildman–Crippen MR) is 307 cm³/mol. The Labute approximate surface area is 514 Å². The largest absolute Gasteiger partial charge is 0.481 e. The summed E-state index contributed by atoms with van der Waals surface area (Å²) in [4.78, 5) is 170. The number of carbonyl (C=O) groups is 11. The molecule has 0 saturated heterocycles. The number of nitrogen functional groups attached to an aromatic ring is 1. The SMILES string of the molecule is CNC(=O)[C@H](CCC(=O)O)NC(=O)[C@H](CCC(=O)NC[C@H](O)[C@@H](O)[C@H](O)[C@H](O)CO)NC(=O)[C@H](CCC(=O)O)NC(=O)[C@H](CCC(=O)NC[C@H](O)[C@@H](O)[C@H](O)[C@H](O)CO)NC(=O)CC[C@@H](NC(=O)c1ccc(NCc2cnc3nc(N)[nH]c(=O)c3n2)cc1)C(=O)O. The van der Waals surface area contributed by atoms with Crippen molar-refractivity contribution < 1.29 is 119 Å². The van der Waals surface area contributed by atoms with Crippen molar-refractivity contribution in [1.82, 2.24) is 62.5 Å². The van der Waals surface area contributed by atoms with E-state index in [4.69, 9.17) is 15.9 Å². The topological polar surface area (TPSA) is 657 Å². The summed E-state index contributed by atoms with van der Waals surface area (Å²) >= 11 is 0. The van der Waals surface area contributed by atoms with E-state index in [2.05, 4.69) is 67.8 Å². The van der Waals surface area contributed by atoms with Crippen molar-refractivity contribution in [3.63, 3.8) is 0 Å². The summed E-state index contributed by atoms with van der Waals surface area (Å²) in [6, 6.07) is -3.66. The van der Waals surface area contributed by atoms with Crippen LogP contribution in [0.15, 0.2) is 35.3 Å². The number of anilines is 2. The lowest BCUT2D eigenvalue weighted by Crippen LogP contribution is -2.58.